The van der Waals surface area contributed by atoms with E-state index in [1.54, 1.807) is 12.0 Å². The Balaban J connectivity index is 1.83. The molecule has 1 amide bonds. The number of likely N-dealkylation sites (N-methyl/N-ethyl adjacent to an activating group) is 1. The van der Waals surface area contributed by atoms with Gasteiger partial charge in [-0.25, -0.2) is 4.98 Å². The molecule has 0 N–H and O–H groups in total. The molecule has 6 heteroatoms. The van der Waals surface area contributed by atoms with E-state index in [-0.39, 0.29) is 17.7 Å². The number of amides is 1. The predicted molar refractivity (Wildman–Crippen MR) is 80.8 cm³/mol. The summed E-state index contributed by atoms with van der Waals surface area (Å²) >= 11 is 0. The Morgan fingerprint density at radius 1 is 1.36 bits per heavy atom. The molecule has 1 saturated heterocycles. The molecular weight excluding hydrogens is 282 g/mol. The van der Waals surface area contributed by atoms with Crippen molar-refractivity contribution in [2.45, 2.75) is 6.04 Å². The van der Waals surface area contributed by atoms with Gasteiger partial charge < -0.3 is 14.1 Å². The molecular formula is C16H19N3O3. The predicted octanol–water partition coefficient (Wildman–Crippen LogP) is 1.81. The van der Waals surface area contributed by atoms with Crippen LogP contribution in [0.25, 0.3) is 0 Å². The Morgan fingerprint density at radius 2 is 2.18 bits per heavy atom. The van der Waals surface area contributed by atoms with Gasteiger partial charge in [-0.3, -0.25) is 9.69 Å². The molecule has 0 aliphatic carbocycles. The highest BCUT2D eigenvalue weighted by molar-refractivity contribution is 5.91. The summed E-state index contributed by atoms with van der Waals surface area (Å²) in [4.78, 5) is 20.3. The summed E-state index contributed by atoms with van der Waals surface area (Å²) in [6.45, 7) is 2.06. The molecule has 1 atom stereocenters. The molecule has 6 nitrogen and oxygen atoms in total. The number of oxazole rings is 1. The lowest BCUT2D eigenvalue weighted by Crippen LogP contribution is -2.49. The normalized spacial score (nSPS) is 19.2. The third-order valence-corrected chi connectivity index (χ3v) is 4.08. The summed E-state index contributed by atoms with van der Waals surface area (Å²) < 4.78 is 10.6. The molecule has 3 rings (SSSR count). The van der Waals surface area contributed by atoms with Crippen molar-refractivity contribution in [2.24, 2.45) is 0 Å². The summed E-state index contributed by atoms with van der Waals surface area (Å²) in [5, 5.41) is 0. The number of rotatable bonds is 3. The second-order valence-electron chi connectivity index (χ2n) is 5.36. The molecule has 0 radical (unpaired) electrons. The van der Waals surface area contributed by atoms with Gasteiger partial charge in [-0.1, -0.05) is 18.2 Å². The first kappa shape index (κ1) is 14.6. The first-order valence-electron chi connectivity index (χ1n) is 7.21. The third-order valence-electron chi connectivity index (χ3n) is 4.08. The van der Waals surface area contributed by atoms with Gasteiger partial charge in [0.1, 0.15) is 5.75 Å². The number of carbonyl (C=O) groups excluding carboxylic acids is 1. The van der Waals surface area contributed by atoms with E-state index in [4.69, 9.17) is 9.15 Å². The maximum absolute atomic E-state index is 12.4. The third kappa shape index (κ3) is 2.69. The quantitative estimate of drug-likeness (QED) is 0.865. The van der Waals surface area contributed by atoms with E-state index >= 15 is 0 Å². The zero-order valence-corrected chi connectivity index (χ0v) is 12.7. The van der Waals surface area contributed by atoms with Crippen LogP contribution in [0.2, 0.25) is 0 Å². The zero-order valence-electron chi connectivity index (χ0n) is 12.7. The highest BCUT2D eigenvalue weighted by Gasteiger charge is 2.31. The van der Waals surface area contributed by atoms with Crippen LogP contribution in [0.5, 0.6) is 5.75 Å². The molecule has 0 unspecified atom stereocenters. The smallest absolute Gasteiger partial charge is 0.291 e. The van der Waals surface area contributed by atoms with Gasteiger partial charge in [0.2, 0.25) is 5.76 Å². The Labute approximate surface area is 129 Å². The van der Waals surface area contributed by atoms with Crippen molar-refractivity contribution in [2.75, 3.05) is 33.8 Å². The lowest BCUT2D eigenvalue weighted by molar-refractivity contribution is 0.0513. The fraction of sp³-hybridized carbons (Fsp3) is 0.375. The molecule has 116 valence electrons. The number of benzene rings is 1. The fourth-order valence-corrected chi connectivity index (χ4v) is 2.81. The molecule has 1 aliphatic rings. The van der Waals surface area contributed by atoms with Gasteiger partial charge in [-0.2, -0.15) is 0 Å². The first-order chi connectivity index (χ1) is 10.7. The van der Waals surface area contributed by atoms with E-state index < -0.39 is 0 Å². The summed E-state index contributed by atoms with van der Waals surface area (Å²) in [5.41, 5.74) is 1.09. The summed E-state index contributed by atoms with van der Waals surface area (Å²) in [7, 11) is 3.73. The number of ether oxygens (including phenoxy) is 1. The number of methoxy groups -OCH3 is 1. The number of aromatic nitrogens is 1. The minimum absolute atomic E-state index is 0.0942. The van der Waals surface area contributed by atoms with E-state index in [2.05, 4.69) is 16.9 Å². The lowest BCUT2D eigenvalue weighted by atomic mass is 10.0. The second kappa shape index (κ2) is 6.19. The Hall–Kier alpha value is -2.34. The standard InChI is InChI=1S/C16H19N3O3/c1-18-7-8-19(16(20)15-9-17-11-22-15)10-13(18)12-5-3-4-6-14(12)21-2/h3-6,9,11,13H,7-8,10H2,1-2H3/t13-/m0/s1. The Kier molecular flexibility index (Phi) is 4.11. The van der Waals surface area contributed by atoms with Gasteiger partial charge in [-0.05, 0) is 13.1 Å². The molecule has 0 saturated carbocycles. The van der Waals surface area contributed by atoms with Crippen molar-refractivity contribution in [3.05, 3.63) is 48.2 Å². The van der Waals surface area contributed by atoms with E-state index in [0.717, 1.165) is 17.9 Å². The monoisotopic (exact) mass is 301 g/mol. The van der Waals surface area contributed by atoms with Crippen LogP contribution in [0.3, 0.4) is 0 Å². The minimum atomic E-state index is -0.120. The first-order valence-corrected chi connectivity index (χ1v) is 7.21. The van der Waals surface area contributed by atoms with Gasteiger partial charge >= 0.3 is 0 Å². The van der Waals surface area contributed by atoms with E-state index in [9.17, 15) is 4.79 Å². The maximum Gasteiger partial charge on any atom is 0.291 e. The summed E-state index contributed by atoms with van der Waals surface area (Å²) in [6, 6.07) is 8.02. The molecule has 1 fully saturated rings. The van der Waals surface area contributed by atoms with Crippen molar-refractivity contribution in [1.82, 2.24) is 14.8 Å². The van der Waals surface area contributed by atoms with E-state index in [1.807, 2.05) is 24.3 Å². The van der Waals surface area contributed by atoms with Crippen molar-refractivity contribution in [1.29, 1.82) is 0 Å². The SMILES string of the molecule is COc1ccccc1[C@@H]1CN(C(=O)c2cnco2)CCN1C. The van der Waals surface area contributed by atoms with Gasteiger partial charge in [0.25, 0.3) is 5.91 Å². The average molecular weight is 301 g/mol. The molecule has 1 aromatic carbocycles. The van der Waals surface area contributed by atoms with Crippen molar-refractivity contribution >= 4 is 5.91 Å². The Morgan fingerprint density at radius 3 is 2.91 bits per heavy atom. The molecule has 2 aromatic rings. The van der Waals surface area contributed by atoms with Gasteiger partial charge in [0.15, 0.2) is 6.39 Å². The summed E-state index contributed by atoms with van der Waals surface area (Å²) in [5.74, 6) is 1.00. The van der Waals surface area contributed by atoms with Gasteiger partial charge in [-0.15, -0.1) is 0 Å². The molecule has 1 aliphatic heterocycles. The van der Waals surface area contributed by atoms with Crippen LogP contribution in [0.1, 0.15) is 22.2 Å². The van der Waals surface area contributed by atoms with Crippen LogP contribution in [0.15, 0.2) is 41.3 Å². The second-order valence-corrected chi connectivity index (χ2v) is 5.36. The minimum Gasteiger partial charge on any atom is -0.496 e. The van der Waals surface area contributed by atoms with Crippen molar-refractivity contribution in [3.63, 3.8) is 0 Å². The highest BCUT2D eigenvalue weighted by atomic mass is 16.5. The van der Waals surface area contributed by atoms with Crippen molar-refractivity contribution in [3.8, 4) is 5.75 Å². The molecule has 0 spiro atoms. The number of nitrogens with zero attached hydrogens (tertiary/aromatic N) is 3. The van der Waals surface area contributed by atoms with Crippen LogP contribution >= 0.6 is 0 Å². The molecule has 0 bridgehead atoms. The fourth-order valence-electron chi connectivity index (χ4n) is 2.81. The molecule has 2 heterocycles. The highest BCUT2D eigenvalue weighted by Crippen LogP contribution is 2.31. The zero-order chi connectivity index (χ0) is 15.5. The lowest BCUT2D eigenvalue weighted by Gasteiger charge is -2.39. The molecule has 22 heavy (non-hydrogen) atoms. The number of carbonyl (C=O) groups is 1. The number of hydrogen-bond donors (Lipinski definition) is 0. The van der Waals surface area contributed by atoms with E-state index in [1.165, 1.54) is 12.6 Å². The van der Waals surface area contributed by atoms with Crippen LogP contribution < -0.4 is 4.74 Å². The molecule has 1 aromatic heterocycles. The number of piperazine rings is 1. The summed E-state index contributed by atoms with van der Waals surface area (Å²) in [6.07, 6.45) is 2.74. The van der Waals surface area contributed by atoms with Crippen LogP contribution in [-0.4, -0.2) is 54.5 Å². The van der Waals surface area contributed by atoms with E-state index in [0.29, 0.717) is 13.1 Å². The van der Waals surface area contributed by atoms with Crippen LogP contribution in [0.4, 0.5) is 0 Å². The Bertz CT molecular complexity index is 642. The van der Waals surface area contributed by atoms with Gasteiger partial charge in [0.05, 0.1) is 19.3 Å². The van der Waals surface area contributed by atoms with Crippen LogP contribution in [-0.2, 0) is 0 Å². The maximum atomic E-state index is 12.4. The average Bonchev–Trinajstić information content (AvgIpc) is 3.09. The van der Waals surface area contributed by atoms with Gasteiger partial charge in [0, 0.05) is 25.2 Å². The number of hydrogen-bond acceptors (Lipinski definition) is 5. The van der Waals surface area contributed by atoms with Crippen molar-refractivity contribution < 1.29 is 13.9 Å². The largest absolute Gasteiger partial charge is 0.496 e. The van der Waals surface area contributed by atoms with Crippen LogP contribution in [0, 0.1) is 0 Å². The topological polar surface area (TPSA) is 58.8 Å². The number of para-hydroxylation sites is 1.